The second kappa shape index (κ2) is 7.85. The van der Waals surface area contributed by atoms with Crippen molar-refractivity contribution in [3.05, 3.63) is 29.6 Å². The lowest BCUT2D eigenvalue weighted by Crippen LogP contribution is -2.29. The summed E-state index contributed by atoms with van der Waals surface area (Å²) in [5.41, 5.74) is 0.457. The smallest absolute Gasteiger partial charge is 0.347 e. The van der Waals surface area contributed by atoms with E-state index in [-0.39, 0.29) is 12.4 Å². The quantitative estimate of drug-likeness (QED) is 0.782. The molecule has 0 spiro atoms. The minimum absolute atomic E-state index is 0.0131. The van der Waals surface area contributed by atoms with Gasteiger partial charge in [0.05, 0.1) is 12.7 Å². The highest BCUT2D eigenvalue weighted by atomic mass is 19.1. The van der Waals surface area contributed by atoms with E-state index in [9.17, 15) is 14.3 Å². The molecule has 20 heavy (non-hydrogen) atoms. The highest BCUT2D eigenvalue weighted by molar-refractivity contribution is 5.75. The van der Waals surface area contributed by atoms with Crippen molar-refractivity contribution in [2.24, 2.45) is 0 Å². The zero-order valence-electron chi connectivity index (χ0n) is 12.1. The Morgan fingerprint density at radius 1 is 1.40 bits per heavy atom. The first-order valence-corrected chi connectivity index (χ1v) is 6.80. The zero-order chi connectivity index (χ0) is 15.1. The summed E-state index contributed by atoms with van der Waals surface area (Å²) in [6.07, 6.45) is -0.394. The third-order valence-electron chi connectivity index (χ3n) is 2.81. The van der Waals surface area contributed by atoms with E-state index in [0.717, 1.165) is 6.42 Å². The monoisotopic (exact) mass is 284 g/mol. The van der Waals surface area contributed by atoms with Gasteiger partial charge in [-0.15, -0.1) is 0 Å². The third-order valence-corrected chi connectivity index (χ3v) is 2.81. The summed E-state index contributed by atoms with van der Waals surface area (Å²) in [4.78, 5) is 11.7. The Bertz CT molecular complexity index is 445. The molecule has 0 saturated carbocycles. The van der Waals surface area contributed by atoms with E-state index < -0.39 is 24.0 Å². The van der Waals surface area contributed by atoms with Crippen molar-refractivity contribution in [1.29, 1.82) is 0 Å². The number of rotatable bonds is 7. The molecule has 0 saturated heterocycles. The molecule has 0 fully saturated rings. The minimum Gasteiger partial charge on any atom is -0.476 e. The first-order chi connectivity index (χ1) is 9.49. The van der Waals surface area contributed by atoms with Crippen molar-refractivity contribution in [3.8, 4) is 5.75 Å². The van der Waals surface area contributed by atoms with Crippen molar-refractivity contribution in [1.82, 2.24) is 0 Å². The van der Waals surface area contributed by atoms with Crippen LogP contribution in [0, 0.1) is 5.82 Å². The van der Waals surface area contributed by atoms with Crippen LogP contribution in [0.1, 0.15) is 45.3 Å². The molecule has 4 nitrogen and oxygen atoms in total. The van der Waals surface area contributed by atoms with E-state index in [0.29, 0.717) is 12.0 Å². The number of esters is 1. The molecule has 0 aromatic heterocycles. The predicted molar refractivity (Wildman–Crippen MR) is 73.0 cm³/mol. The average Bonchev–Trinajstić information content (AvgIpc) is 2.40. The zero-order valence-corrected chi connectivity index (χ0v) is 12.1. The topological polar surface area (TPSA) is 55.8 Å². The fourth-order valence-corrected chi connectivity index (χ4v) is 1.75. The summed E-state index contributed by atoms with van der Waals surface area (Å²) in [6.45, 7) is 5.42. The molecule has 0 aliphatic heterocycles. The molecule has 0 aliphatic rings. The second-order valence-corrected chi connectivity index (χ2v) is 4.51. The van der Waals surface area contributed by atoms with Crippen LogP contribution in [0.4, 0.5) is 4.39 Å². The van der Waals surface area contributed by atoms with Gasteiger partial charge in [0.25, 0.3) is 0 Å². The molecule has 0 aliphatic carbocycles. The molecular weight excluding hydrogens is 263 g/mol. The normalized spacial score (nSPS) is 13.7. The Balaban J connectivity index is 2.85. The van der Waals surface area contributed by atoms with E-state index in [4.69, 9.17) is 9.47 Å². The van der Waals surface area contributed by atoms with Crippen LogP contribution in [0.3, 0.4) is 0 Å². The van der Waals surface area contributed by atoms with Gasteiger partial charge in [0.15, 0.2) is 17.7 Å². The fraction of sp³-hybridized carbons (Fsp3) is 0.533. The third kappa shape index (κ3) is 4.49. The lowest BCUT2D eigenvalue weighted by atomic mass is 10.1. The Kier molecular flexibility index (Phi) is 6.45. The van der Waals surface area contributed by atoms with Crippen molar-refractivity contribution in [2.75, 3.05) is 6.61 Å². The molecule has 1 aromatic carbocycles. The Morgan fingerprint density at radius 3 is 2.60 bits per heavy atom. The van der Waals surface area contributed by atoms with Crippen molar-refractivity contribution in [3.63, 3.8) is 0 Å². The molecule has 0 heterocycles. The molecule has 0 radical (unpaired) electrons. The average molecular weight is 284 g/mol. The van der Waals surface area contributed by atoms with Gasteiger partial charge in [-0.2, -0.15) is 0 Å². The van der Waals surface area contributed by atoms with Crippen molar-refractivity contribution >= 4 is 5.97 Å². The van der Waals surface area contributed by atoms with Gasteiger partial charge >= 0.3 is 5.97 Å². The van der Waals surface area contributed by atoms with Crippen LogP contribution < -0.4 is 4.74 Å². The molecular formula is C15H21FO4. The molecule has 0 bridgehead atoms. The van der Waals surface area contributed by atoms with Gasteiger partial charge < -0.3 is 14.6 Å². The number of ether oxygens (including phenoxy) is 2. The number of aliphatic hydroxyl groups excluding tert-OH is 1. The van der Waals surface area contributed by atoms with Gasteiger partial charge in [-0.25, -0.2) is 9.18 Å². The Hall–Kier alpha value is -1.62. The largest absolute Gasteiger partial charge is 0.476 e. The lowest BCUT2D eigenvalue weighted by Gasteiger charge is -2.18. The fourth-order valence-electron chi connectivity index (χ4n) is 1.75. The summed E-state index contributed by atoms with van der Waals surface area (Å²) in [5, 5.41) is 9.38. The number of halogens is 1. The maximum Gasteiger partial charge on any atom is 0.347 e. The number of carbonyl (C=O) groups is 1. The van der Waals surface area contributed by atoms with Crippen LogP contribution in [0.2, 0.25) is 0 Å². The number of carbonyl (C=O) groups excluding carboxylic acids is 1. The van der Waals surface area contributed by atoms with E-state index in [1.54, 1.807) is 19.9 Å². The molecule has 112 valence electrons. The van der Waals surface area contributed by atoms with E-state index in [1.807, 2.05) is 6.92 Å². The van der Waals surface area contributed by atoms with Gasteiger partial charge in [0, 0.05) is 0 Å². The summed E-state index contributed by atoms with van der Waals surface area (Å²) in [7, 11) is 0. The van der Waals surface area contributed by atoms with E-state index in [2.05, 4.69) is 0 Å². The lowest BCUT2D eigenvalue weighted by molar-refractivity contribution is -0.151. The van der Waals surface area contributed by atoms with Crippen molar-refractivity contribution < 1.29 is 23.8 Å². The summed E-state index contributed by atoms with van der Waals surface area (Å²) in [6, 6.07) is 4.19. The van der Waals surface area contributed by atoms with Crippen LogP contribution in [0.25, 0.3) is 0 Å². The molecule has 1 rings (SSSR count). The van der Waals surface area contributed by atoms with Crippen LogP contribution in [0.5, 0.6) is 5.75 Å². The first-order valence-electron chi connectivity index (χ1n) is 6.80. The van der Waals surface area contributed by atoms with Gasteiger partial charge in [-0.3, -0.25) is 0 Å². The molecule has 1 unspecified atom stereocenters. The van der Waals surface area contributed by atoms with Crippen LogP contribution in [-0.4, -0.2) is 23.8 Å². The second-order valence-electron chi connectivity index (χ2n) is 4.51. The summed E-state index contributed by atoms with van der Waals surface area (Å²) < 4.78 is 24.2. The standard InChI is InChI=1S/C15H21FO4/c1-4-6-14(15(18)19-5-2)20-13-8-7-11(10(3)17)9-12(13)16/h7-10,14,17H,4-6H2,1-3H3/t10-,14?/m0/s1. The molecule has 0 amide bonds. The SMILES string of the molecule is CCCC(Oc1ccc([C@H](C)O)cc1F)C(=O)OCC. The maximum atomic E-state index is 13.9. The summed E-state index contributed by atoms with van der Waals surface area (Å²) >= 11 is 0. The van der Waals surface area contributed by atoms with Gasteiger partial charge in [0.1, 0.15) is 0 Å². The molecule has 1 N–H and O–H groups in total. The Labute approximate surface area is 118 Å². The number of benzene rings is 1. The molecule has 5 heteroatoms. The highest BCUT2D eigenvalue weighted by Gasteiger charge is 2.22. The Morgan fingerprint density at radius 2 is 2.10 bits per heavy atom. The van der Waals surface area contributed by atoms with Gasteiger partial charge in [0.2, 0.25) is 0 Å². The molecule has 2 atom stereocenters. The first kappa shape index (κ1) is 16.4. The highest BCUT2D eigenvalue weighted by Crippen LogP contribution is 2.24. The number of hydrogen-bond donors (Lipinski definition) is 1. The van der Waals surface area contributed by atoms with Crippen molar-refractivity contribution in [2.45, 2.75) is 45.8 Å². The molecule has 1 aromatic rings. The van der Waals surface area contributed by atoms with E-state index in [1.165, 1.54) is 12.1 Å². The van der Waals surface area contributed by atoms with Crippen LogP contribution >= 0.6 is 0 Å². The maximum absolute atomic E-state index is 13.9. The number of hydrogen-bond acceptors (Lipinski definition) is 4. The number of aliphatic hydroxyl groups is 1. The van der Waals surface area contributed by atoms with Gasteiger partial charge in [-0.1, -0.05) is 19.4 Å². The predicted octanol–water partition coefficient (Wildman–Crippen LogP) is 2.99. The minimum atomic E-state index is -0.813. The van der Waals surface area contributed by atoms with Gasteiger partial charge in [-0.05, 0) is 38.0 Å². The van der Waals surface area contributed by atoms with Crippen LogP contribution in [0.15, 0.2) is 18.2 Å². The van der Waals surface area contributed by atoms with E-state index >= 15 is 0 Å². The van der Waals surface area contributed by atoms with Crippen LogP contribution in [-0.2, 0) is 9.53 Å². The summed E-state index contributed by atoms with van der Waals surface area (Å²) in [5.74, 6) is -1.11.